The summed E-state index contributed by atoms with van der Waals surface area (Å²) in [7, 11) is -2.85. The Morgan fingerprint density at radius 3 is 2.36 bits per heavy atom. The summed E-state index contributed by atoms with van der Waals surface area (Å²) in [5.74, 6) is -0.399. The van der Waals surface area contributed by atoms with Crippen molar-refractivity contribution in [3.8, 4) is 5.75 Å². The van der Waals surface area contributed by atoms with E-state index in [1.807, 2.05) is 24.3 Å². The smallest absolute Gasteiger partial charge is 0.339 e. The maximum atomic E-state index is 12.6. The second kappa shape index (κ2) is 6.57. The third kappa shape index (κ3) is 3.49. The lowest BCUT2D eigenvalue weighted by Crippen LogP contribution is -2.13. The molecule has 3 rings (SSSR count). The predicted octanol–water partition coefficient (Wildman–Crippen LogP) is 3.70. The summed E-state index contributed by atoms with van der Waals surface area (Å²) in [5.41, 5.74) is 0.627. The first-order valence-electron chi connectivity index (χ1n) is 7.53. The Labute approximate surface area is 145 Å². The number of rotatable bonds is 4. The molecule has 25 heavy (non-hydrogen) atoms. The van der Waals surface area contributed by atoms with E-state index in [4.69, 9.17) is 4.18 Å². The van der Waals surface area contributed by atoms with Gasteiger partial charge in [0.1, 0.15) is 10.6 Å². The average Bonchev–Trinajstić information content (AvgIpc) is 2.61. The van der Waals surface area contributed by atoms with Gasteiger partial charge in [0.15, 0.2) is 0 Å². The molecule has 0 aliphatic heterocycles. The molecule has 0 saturated carbocycles. The van der Waals surface area contributed by atoms with Crippen molar-refractivity contribution in [1.82, 2.24) is 0 Å². The van der Waals surface area contributed by atoms with Crippen LogP contribution in [0, 0.1) is 6.92 Å². The van der Waals surface area contributed by atoms with Gasteiger partial charge in [0.05, 0.1) is 12.7 Å². The van der Waals surface area contributed by atoms with Gasteiger partial charge in [-0.3, -0.25) is 0 Å². The maximum absolute atomic E-state index is 12.6. The van der Waals surface area contributed by atoms with Crippen LogP contribution in [0.1, 0.15) is 15.9 Å². The monoisotopic (exact) mass is 356 g/mol. The summed E-state index contributed by atoms with van der Waals surface area (Å²) in [4.78, 5) is 11.6. The molecule has 0 aliphatic rings. The molecule has 3 aromatic rings. The molecule has 128 valence electrons. The van der Waals surface area contributed by atoms with Crippen LogP contribution in [-0.2, 0) is 14.9 Å². The van der Waals surface area contributed by atoms with Crippen molar-refractivity contribution >= 4 is 26.9 Å². The van der Waals surface area contributed by atoms with Crippen molar-refractivity contribution in [3.05, 3.63) is 71.8 Å². The molecule has 0 unspecified atom stereocenters. The standard InChI is InChI=1S/C19H16O5S/c1-13-7-8-16(19(20)23-2)12-18(13)25(21,22)24-17-10-9-14-5-3-4-6-15(14)11-17/h3-12H,1-2H3. The molecular formula is C19H16O5S. The molecule has 6 heteroatoms. The van der Waals surface area contributed by atoms with Crippen LogP contribution in [0.25, 0.3) is 10.8 Å². The van der Waals surface area contributed by atoms with Crippen molar-refractivity contribution < 1.29 is 22.1 Å². The van der Waals surface area contributed by atoms with E-state index in [1.54, 1.807) is 31.2 Å². The van der Waals surface area contributed by atoms with Crippen molar-refractivity contribution in [2.45, 2.75) is 11.8 Å². The highest BCUT2D eigenvalue weighted by Gasteiger charge is 2.21. The Bertz CT molecular complexity index is 1050. The highest BCUT2D eigenvalue weighted by Crippen LogP contribution is 2.26. The van der Waals surface area contributed by atoms with Crippen molar-refractivity contribution in [2.75, 3.05) is 7.11 Å². The fourth-order valence-corrected chi connectivity index (χ4v) is 3.69. The lowest BCUT2D eigenvalue weighted by atomic mass is 10.1. The van der Waals surface area contributed by atoms with E-state index in [9.17, 15) is 13.2 Å². The molecule has 0 atom stereocenters. The number of benzene rings is 3. The van der Waals surface area contributed by atoms with Gasteiger partial charge in [-0.15, -0.1) is 0 Å². The summed E-state index contributed by atoms with van der Waals surface area (Å²) in [6, 6.07) is 16.9. The van der Waals surface area contributed by atoms with Gasteiger partial charge < -0.3 is 8.92 Å². The summed E-state index contributed by atoms with van der Waals surface area (Å²) < 4.78 is 35.2. The number of esters is 1. The van der Waals surface area contributed by atoms with E-state index < -0.39 is 16.1 Å². The molecule has 0 bridgehead atoms. The molecule has 0 aliphatic carbocycles. The molecule has 0 saturated heterocycles. The minimum atomic E-state index is -4.08. The molecule has 0 amide bonds. The van der Waals surface area contributed by atoms with Crippen molar-refractivity contribution in [3.63, 3.8) is 0 Å². The third-order valence-corrected chi connectivity index (χ3v) is 5.20. The molecule has 0 spiro atoms. The highest BCUT2D eigenvalue weighted by atomic mass is 32.2. The van der Waals surface area contributed by atoms with Gasteiger partial charge in [-0.2, -0.15) is 8.42 Å². The number of carbonyl (C=O) groups is 1. The Balaban J connectivity index is 1.99. The van der Waals surface area contributed by atoms with Crippen LogP contribution in [0.3, 0.4) is 0 Å². The van der Waals surface area contributed by atoms with Gasteiger partial charge >= 0.3 is 16.1 Å². The van der Waals surface area contributed by atoms with E-state index in [0.29, 0.717) is 5.56 Å². The van der Waals surface area contributed by atoms with Gasteiger partial charge in [-0.1, -0.05) is 36.4 Å². The average molecular weight is 356 g/mol. The second-order valence-electron chi connectivity index (χ2n) is 5.52. The molecule has 5 nitrogen and oxygen atoms in total. The maximum Gasteiger partial charge on any atom is 0.339 e. The van der Waals surface area contributed by atoms with Gasteiger partial charge in [-0.25, -0.2) is 4.79 Å². The zero-order valence-corrected chi connectivity index (χ0v) is 14.5. The van der Waals surface area contributed by atoms with Crippen LogP contribution >= 0.6 is 0 Å². The van der Waals surface area contributed by atoms with E-state index in [0.717, 1.165) is 10.8 Å². The number of hydrogen-bond donors (Lipinski definition) is 0. The normalized spacial score (nSPS) is 11.3. The topological polar surface area (TPSA) is 69.7 Å². The van der Waals surface area contributed by atoms with Crippen molar-refractivity contribution in [2.24, 2.45) is 0 Å². The Morgan fingerprint density at radius 2 is 1.64 bits per heavy atom. The third-order valence-electron chi connectivity index (χ3n) is 3.81. The quantitative estimate of drug-likeness (QED) is 0.526. The molecule has 0 N–H and O–H groups in total. The Kier molecular flexibility index (Phi) is 4.46. The molecule has 0 fully saturated rings. The zero-order chi connectivity index (χ0) is 18.0. The number of fused-ring (bicyclic) bond motifs is 1. The number of aryl methyl sites for hydroxylation is 1. The Morgan fingerprint density at radius 1 is 0.920 bits per heavy atom. The van der Waals surface area contributed by atoms with Crippen LogP contribution in [0.2, 0.25) is 0 Å². The minimum absolute atomic E-state index is 0.0661. The summed E-state index contributed by atoms with van der Waals surface area (Å²) in [6.07, 6.45) is 0. The molecular weight excluding hydrogens is 340 g/mol. The SMILES string of the molecule is COC(=O)c1ccc(C)c(S(=O)(=O)Oc2ccc3ccccc3c2)c1. The second-order valence-corrected chi connectivity index (χ2v) is 7.03. The predicted molar refractivity (Wildman–Crippen MR) is 94.3 cm³/mol. The first kappa shape index (κ1) is 17.0. The molecule has 0 radical (unpaired) electrons. The number of methoxy groups -OCH3 is 1. The number of ether oxygens (including phenoxy) is 1. The van der Waals surface area contributed by atoms with E-state index in [2.05, 4.69) is 4.74 Å². The van der Waals surface area contributed by atoms with Gasteiger partial charge in [0.25, 0.3) is 0 Å². The fourth-order valence-electron chi connectivity index (χ4n) is 2.51. The molecule has 0 aromatic heterocycles. The first-order valence-corrected chi connectivity index (χ1v) is 8.94. The van der Waals surface area contributed by atoms with Crippen LogP contribution in [0.15, 0.2) is 65.6 Å². The number of hydrogen-bond acceptors (Lipinski definition) is 5. The summed E-state index contributed by atoms with van der Waals surface area (Å²) in [6.45, 7) is 1.64. The van der Waals surface area contributed by atoms with Gasteiger partial charge in [-0.05, 0) is 47.5 Å². The zero-order valence-electron chi connectivity index (χ0n) is 13.7. The van der Waals surface area contributed by atoms with E-state index in [1.165, 1.54) is 19.2 Å². The summed E-state index contributed by atoms with van der Waals surface area (Å²) >= 11 is 0. The van der Waals surface area contributed by atoms with Crippen LogP contribution in [0.5, 0.6) is 5.75 Å². The summed E-state index contributed by atoms with van der Waals surface area (Å²) in [5, 5.41) is 1.85. The lowest BCUT2D eigenvalue weighted by molar-refractivity contribution is 0.0600. The van der Waals surface area contributed by atoms with Gasteiger partial charge in [0, 0.05) is 0 Å². The first-order chi connectivity index (χ1) is 11.9. The van der Waals surface area contributed by atoms with E-state index >= 15 is 0 Å². The molecule has 3 aromatic carbocycles. The highest BCUT2D eigenvalue weighted by molar-refractivity contribution is 7.87. The molecule has 0 heterocycles. The van der Waals surface area contributed by atoms with Crippen LogP contribution in [-0.4, -0.2) is 21.5 Å². The Hall–Kier alpha value is -2.86. The van der Waals surface area contributed by atoms with E-state index in [-0.39, 0.29) is 16.2 Å². The minimum Gasteiger partial charge on any atom is -0.465 e. The van der Waals surface area contributed by atoms with Crippen molar-refractivity contribution in [1.29, 1.82) is 0 Å². The number of carbonyl (C=O) groups excluding carboxylic acids is 1. The van der Waals surface area contributed by atoms with Gasteiger partial charge in [0.2, 0.25) is 0 Å². The van der Waals surface area contributed by atoms with Crippen LogP contribution in [0.4, 0.5) is 0 Å². The lowest BCUT2D eigenvalue weighted by Gasteiger charge is -2.11. The fraction of sp³-hybridized carbons (Fsp3) is 0.105. The van der Waals surface area contributed by atoms with Crippen LogP contribution < -0.4 is 4.18 Å². The largest absolute Gasteiger partial charge is 0.465 e.